The summed E-state index contributed by atoms with van der Waals surface area (Å²) in [5, 5.41) is 9.00. The van der Waals surface area contributed by atoms with Crippen LogP contribution in [0.5, 0.6) is 5.75 Å². The molecule has 0 aliphatic carbocycles. The number of carbonyl (C=O) groups excluding carboxylic acids is 1. The number of ether oxygens (including phenoxy) is 1. The van der Waals surface area contributed by atoms with Gasteiger partial charge in [-0.05, 0) is 61.3 Å². The molecule has 2 aromatic carbocycles. The first kappa shape index (κ1) is 18.8. The molecule has 1 unspecified atom stereocenters. The zero-order valence-corrected chi connectivity index (χ0v) is 16.2. The van der Waals surface area contributed by atoms with Gasteiger partial charge in [0.1, 0.15) is 5.75 Å². The largest absolute Gasteiger partial charge is 0.497 e. The summed E-state index contributed by atoms with van der Waals surface area (Å²) in [6, 6.07) is 13.9. The maximum Gasteiger partial charge on any atom is 0.274 e. The fourth-order valence-electron chi connectivity index (χ4n) is 4.37. The minimum Gasteiger partial charge on any atom is -0.497 e. The van der Waals surface area contributed by atoms with Crippen LogP contribution in [0.3, 0.4) is 0 Å². The number of hydroxylamine groups is 1. The van der Waals surface area contributed by atoms with Gasteiger partial charge < -0.3 is 14.5 Å². The van der Waals surface area contributed by atoms with Crippen molar-refractivity contribution in [2.75, 3.05) is 38.2 Å². The molecule has 28 heavy (non-hydrogen) atoms. The number of nitrogens with one attached hydrogen (secondary N) is 1. The summed E-state index contributed by atoms with van der Waals surface area (Å²) in [5.41, 5.74) is 5.79. The van der Waals surface area contributed by atoms with E-state index in [4.69, 9.17) is 9.94 Å². The SMILES string of the molecule is COc1ccc(CN2CC(CN3CCCC3)c3ccc(C(=O)NO)cc32)cc1. The van der Waals surface area contributed by atoms with Crippen molar-refractivity contribution < 1.29 is 14.7 Å². The van der Waals surface area contributed by atoms with Crippen LogP contribution < -0.4 is 15.1 Å². The molecule has 0 aromatic heterocycles. The second kappa shape index (κ2) is 8.20. The van der Waals surface area contributed by atoms with Crippen molar-refractivity contribution in [1.82, 2.24) is 10.4 Å². The molecule has 1 saturated heterocycles. The smallest absolute Gasteiger partial charge is 0.274 e. The molecule has 2 N–H and O–H groups in total. The molecule has 2 aliphatic heterocycles. The van der Waals surface area contributed by atoms with Crippen molar-refractivity contribution in [2.45, 2.75) is 25.3 Å². The molecule has 0 saturated carbocycles. The zero-order chi connectivity index (χ0) is 19.5. The van der Waals surface area contributed by atoms with Gasteiger partial charge in [-0.15, -0.1) is 0 Å². The molecule has 1 amide bonds. The molecular weight excluding hydrogens is 354 g/mol. The Bertz CT molecular complexity index is 831. The maximum absolute atomic E-state index is 11.9. The van der Waals surface area contributed by atoms with E-state index in [1.165, 1.54) is 37.1 Å². The van der Waals surface area contributed by atoms with Gasteiger partial charge in [-0.1, -0.05) is 18.2 Å². The molecule has 0 bridgehead atoms. The third-order valence-corrected chi connectivity index (χ3v) is 5.83. The molecular formula is C22H27N3O3. The van der Waals surface area contributed by atoms with Gasteiger partial charge in [0, 0.05) is 36.8 Å². The zero-order valence-electron chi connectivity index (χ0n) is 16.2. The average Bonchev–Trinajstić information content (AvgIpc) is 3.36. The van der Waals surface area contributed by atoms with Gasteiger partial charge in [0.25, 0.3) is 5.91 Å². The molecule has 2 aromatic rings. The van der Waals surface area contributed by atoms with E-state index in [0.717, 1.165) is 31.1 Å². The number of amides is 1. The lowest BCUT2D eigenvalue weighted by Crippen LogP contribution is -2.29. The highest BCUT2D eigenvalue weighted by atomic mass is 16.5. The fraction of sp³-hybridized carbons (Fsp3) is 0.409. The van der Waals surface area contributed by atoms with Crippen LogP contribution in [-0.4, -0.2) is 49.3 Å². The monoisotopic (exact) mass is 381 g/mol. The Balaban J connectivity index is 1.59. The van der Waals surface area contributed by atoms with Crippen molar-refractivity contribution in [2.24, 2.45) is 0 Å². The van der Waals surface area contributed by atoms with E-state index in [9.17, 15) is 4.79 Å². The number of nitrogens with zero attached hydrogens (tertiary/aromatic N) is 2. The van der Waals surface area contributed by atoms with Crippen LogP contribution in [0.2, 0.25) is 0 Å². The van der Waals surface area contributed by atoms with Crippen molar-refractivity contribution >= 4 is 11.6 Å². The number of likely N-dealkylation sites (tertiary alicyclic amines) is 1. The van der Waals surface area contributed by atoms with Crippen LogP contribution in [0.25, 0.3) is 0 Å². The number of rotatable bonds is 6. The van der Waals surface area contributed by atoms with Gasteiger partial charge in [-0.3, -0.25) is 10.0 Å². The summed E-state index contributed by atoms with van der Waals surface area (Å²) in [5.74, 6) is 0.798. The number of hydrogen-bond donors (Lipinski definition) is 2. The number of methoxy groups -OCH3 is 1. The maximum atomic E-state index is 11.9. The predicted molar refractivity (Wildman–Crippen MR) is 108 cm³/mol. The first-order valence-corrected chi connectivity index (χ1v) is 9.86. The van der Waals surface area contributed by atoms with Gasteiger partial charge >= 0.3 is 0 Å². The summed E-state index contributed by atoms with van der Waals surface area (Å²) in [4.78, 5) is 16.8. The Labute approximate surface area is 165 Å². The van der Waals surface area contributed by atoms with Gasteiger partial charge in [0.2, 0.25) is 0 Å². The first-order valence-electron chi connectivity index (χ1n) is 9.86. The molecule has 2 heterocycles. The molecule has 4 rings (SSSR count). The highest BCUT2D eigenvalue weighted by Gasteiger charge is 2.31. The summed E-state index contributed by atoms with van der Waals surface area (Å²) in [6.45, 7) is 5.11. The Hall–Kier alpha value is -2.57. The highest BCUT2D eigenvalue weighted by Crippen LogP contribution is 2.39. The number of fused-ring (bicyclic) bond motifs is 1. The lowest BCUT2D eigenvalue weighted by atomic mass is 9.99. The Kier molecular flexibility index (Phi) is 5.50. The van der Waals surface area contributed by atoms with Gasteiger partial charge in [0.15, 0.2) is 0 Å². The molecule has 148 valence electrons. The lowest BCUT2D eigenvalue weighted by molar-refractivity contribution is 0.0706. The molecule has 0 radical (unpaired) electrons. The van der Waals surface area contributed by atoms with E-state index in [-0.39, 0.29) is 0 Å². The number of anilines is 1. The first-order chi connectivity index (χ1) is 13.7. The highest BCUT2D eigenvalue weighted by molar-refractivity contribution is 5.94. The lowest BCUT2D eigenvalue weighted by Gasteiger charge is -2.22. The fourth-order valence-corrected chi connectivity index (χ4v) is 4.37. The summed E-state index contributed by atoms with van der Waals surface area (Å²) in [6.07, 6.45) is 2.56. The normalized spacial score (nSPS) is 18.9. The van der Waals surface area contributed by atoms with Crippen molar-refractivity contribution in [3.05, 3.63) is 59.2 Å². The van der Waals surface area contributed by atoms with Crippen molar-refractivity contribution in [1.29, 1.82) is 0 Å². The molecule has 6 nitrogen and oxygen atoms in total. The third-order valence-electron chi connectivity index (χ3n) is 5.83. The van der Waals surface area contributed by atoms with E-state index in [1.807, 2.05) is 18.2 Å². The van der Waals surface area contributed by atoms with Crippen LogP contribution in [0.15, 0.2) is 42.5 Å². The summed E-state index contributed by atoms with van der Waals surface area (Å²) >= 11 is 0. The molecule has 1 atom stereocenters. The minimum absolute atomic E-state index is 0.428. The molecule has 1 fully saturated rings. The van der Waals surface area contributed by atoms with Gasteiger partial charge in [-0.2, -0.15) is 0 Å². The van der Waals surface area contributed by atoms with Gasteiger partial charge in [0.05, 0.1) is 7.11 Å². The second-order valence-electron chi connectivity index (χ2n) is 7.65. The quantitative estimate of drug-likeness (QED) is 0.595. The summed E-state index contributed by atoms with van der Waals surface area (Å²) in [7, 11) is 1.67. The molecule has 6 heteroatoms. The van der Waals surface area contributed by atoms with E-state index < -0.39 is 5.91 Å². The van der Waals surface area contributed by atoms with Crippen LogP contribution in [0, 0.1) is 0 Å². The van der Waals surface area contributed by atoms with E-state index in [2.05, 4.69) is 28.0 Å². The number of hydrogen-bond acceptors (Lipinski definition) is 5. The second-order valence-corrected chi connectivity index (χ2v) is 7.65. The van der Waals surface area contributed by atoms with Crippen LogP contribution in [-0.2, 0) is 6.54 Å². The predicted octanol–water partition coefficient (Wildman–Crippen LogP) is 3.01. The average molecular weight is 381 g/mol. The van der Waals surface area contributed by atoms with Crippen LogP contribution in [0.1, 0.15) is 40.2 Å². The standard InChI is InChI=1S/C22H27N3O3/c1-28-19-7-4-16(5-8-19)13-25-15-18(14-24-10-2-3-11-24)20-9-6-17(12-21(20)25)22(26)23-27/h4-9,12,18,27H,2-3,10-11,13-15H2,1H3,(H,23,26). The topological polar surface area (TPSA) is 65.0 Å². The Morgan fingerprint density at radius 2 is 1.93 bits per heavy atom. The van der Waals surface area contributed by atoms with Crippen molar-refractivity contribution in [3.8, 4) is 5.75 Å². The molecule has 0 spiro atoms. The van der Waals surface area contributed by atoms with Gasteiger partial charge in [-0.25, -0.2) is 5.48 Å². The van der Waals surface area contributed by atoms with Crippen LogP contribution in [0.4, 0.5) is 5.69 Å². The molecule has 2 aliphatic rings. The Morgan fingerprint density at radius 1 is 1.18 bits per heavy atom. The number of carbonyl (C=O) groups is 1. The minimum atomic E-state index is -0.477. The number of benzene rings is 2. The third kappa shape index (κ3) is 3.84. The van der Waals surface area contributed by atoms with Crippen LogP contribution >= 0.6 is 0 Å². The Morgan fingerprint density at radius 3 is 2.61 bits per heavy atom. The summed E-state index contributed by atoms with van der Waals surface area (Å²) < 4.78 is 5.25. The van der Waals surface area contributed by atoms with E-state index in [1.54, 1.807) is 18.7 Å². The van der Waals surface area contributed by atoms with E-state index in [0.29, 0.717) is 11.5 Å². The van der Waals surface area contributed by atoms with E-state index >= 15 is 0 Å². The van der Waals surface area contributed by atoms with Crippen molar-refractivity contribution in [3.63, 3.8) is 0 Å².